The molecule has 5 nitrogen and oxygen atoms in total. The first-order valence-corrected chi connectivity index (χ1v) is 4.76. The molecule has 2 heterocycles. The Balaban J connectivity index is 3.20. The maximum atomic E-state index is 11.7. The van der Waals surface area contributed by atoms with E-state index in [9.17, 15) is 9.59 Å². The van der Waals surface area contributed by atoms with E-state index in [0.29, 0.717) is 16.7 Å². The van der Waals surface area contributed by atoms with E-state index >= 15 is 0 Å². The number of nitrogens with zero attached hydrogens (tertiary/aromatic N) is 3. The monoisotopic (exact) mass is 215 g/mol. The standard InChI is InChI=1S/C10H10BN3O2/c1-5-6-4-7(11)9(15)13(2)8(6)14(3)10(16)12-5/h4H,1-3H3. The predicted octanol–water partition coefficient (Wildman–Crippen LogP) is -1.27. The van der Waals surface area contributed by atoms with E-state index in [4.69, 9.17) is 7.85 Å². The zero-order valence-corrected chi connectivity index (χ0v) is 9.31. The molecule has 2 aromatic heterocycles. The molecule has 0 aromatic carbocycles. The van der Waals surface area contributed by atoms with Gasteiger partial charge in [0.25, 0.3) is 0 Å². The van der Waals surface area contributed by atoms with Crippen molar-refractivity contribution in [3.8, 4) is 0 Å². The summed E-state index contributed by atoms with van der Waals surface area (Å²) < 4.78 is 2.70. The van der Waals surface area contributed by atoms with Crippen LogP contribution in [-0.4, -0.2) is 22.0 Å². The van der Waals surface area contributed by atoms with E-state index in [2.05, 4.69) is 4.98 Å². The molecule has 16 heavy (non-hydrogen) atoms. The van der Waals surface area contributed by atoms with E-state index in [-0.39, 0.29) is 16.7 Å². The van der Waals surface area contributed by atoms with Crippen molar-refractivity contribution in [1.82, 2.24) is 14.1 Å². The summed E-state index contributed by atoms with van der Waals surface area (Å²) in [5.74, 6) is 0. The number of hydrogen-bond acceptors (Lipinski definition) is 3. The number of aromatic nitrogens is 3. The number of rotatable bonds is 0. The molecule has 0 fully saturated rings. The lowest BCUT2D eigenvalue weighted by molar-refractivity contribution is 0.774. The Morgan fingerprint density at radius 1 is 1.25 bits per heavy atom. The van der Waals surface area contributed by atoms with Crippen LogP contribution >= 0.6 is 0 Å². The van der Waals surface area contributed by atoms with Crippen molar-refractivity contribution in [2.24, 2.45) is 14.1 Å². The topological polar surface area (TPSA) is 56.9 Å². The molecule has 0 spiro atoms. The Hall–Kier alpha value is -1.85. The Labute approximate surface area is 92.8 Å². The lowest BCUT2D eigenvalue weighted by Gasteiger charge is -2.11. The summed E-state index contributed by atoms with van der Waals surface area (Å²) in [7, 11) is 8.75. The minimum Gasteiger partial charge on any atom is -0.298 e. The number of fused-ring (bicyclic) bond motifs is 1. The van der Waals surface area contributed by atoms with Gasteiger partial charge in [0.1, 0.15) is 13.5 Å². The predicted molar refractivity (Wildman–Crippen MR) is 62.4 cm³/mol. The zero-order chi connectivity index (χ0) is 12.0. The maximum absolute atomic E-state index is 11.7. The SMILES string of the molecule is [B]c1cc2c(C)nc(=O)n(C)c2n(C)c1=O. The Kier molecular flexibility index (Phi) is 2.22. The van der Waals surface area contributed by atoms with Crippen molar-refractivity contribution >= 4 is 24.3 Å². The quantitative estimate of drug-likeness (QED) is 0.515. The molecule has 0 amide bonds. The molecule has 0 aliphatic carbocycles. The third-order valence-electron chi connectivity index (χ3n) is 2.67. The number of aryl methyl sites for hydroxylation is 3. The van der Waals surface area contributed by atoms with E-state index in [0.717, 1.165) is 0 Å². The molecular formula is C10H10BN3O2. The van der Waals surface area contributed by atoms with Crippen LogP contribution in [-0.2, 0) is 14.1 Å². The van der Waals surface area contributed by atoms with Gasteiger partial charge in [-0.25, -0.2) is 4.79 Å². The van der Waals surface area contributed by atoms with E-state index in [1.54, 1.807) is 27.1 Å². The number of hydrogen-bond donors (Lipinski definition) is 0. The van der Waals surface area contributed by atoms with Crippen molar-refractivity contribution in [2.75, 3.05) is 0 Å². The van der Waals surface area contributed by atoms with Gasteiger partial charge >= 0.3 is 5.69 Å². The van der Waals surface area contributed by atoms with Crippen LogP contribution in [0.15, 0.2) is 15.7 Å². The molecule has 0 bridgehead atoms. The molecule has 2 aromatic rings. The molecule has 0 saturated carbocycles. The molecule has 6 heteroatoms. The Morgan fingerprint density at radius 3 is 2.50 bits per heavy atom. The summed E-state index contributed by atoms with van der Waals surface area (Å²) in [5, 5.41) is 0.710. The van der Waals surface area contributed by atoms with Crippen LogP contribution < -0.4 is 16.7 Å². The zero-order valence-electron chi connectivity index (χ0n) is 9.31. The summed E-state index contributed by atoms with van der Waals surface area (Å²) >= 11 is 0. The third kappa shape index (κ3) is 1.30. The summed E-state index contributed by atoms with van der Waals surface area (Å²) in [5.41, 5.74) is 0.550. The van der Waals surface area contributed by atoms with Crippen LogP contribution in [0.5, 0.6) is 0 Å². The maximum Gasteiger partial charge on any atom is 0.349 e. The minimum atomic E-state index is -0.384. The van der Waals surface area contributed by atoms with Crippen molar-refractivity contribution in [3.63, 3.8) is 0 Å². The highest BCUT2D eigenvalue weighted by Crippen LogP contribution is 2.09. The molecule has 0 saturated heterocycles. The van der Waals surface area contributed by atoms with E-state index < -0.39 is 0 Å². The van der Waals surface area contributed by atoms with Crippen LogP contribution in [0.25, 0.3) is 11.0 Å². The van der Waals surface area contributed by atoms with Crippen molar-refractivity contribution in [1.29, 1.82) is 0 Å². The largest absolute Gasteiger partial charge is 0.349 e. The first-order valence-electron chi connectivity index (χ1n) is 4.76. The normalized spacial score (nSPS) is 10.9. The second-order valence-corrected chi connectivity index (χ2v) is 3.74. The van der Waals surface area contributed by atoms with Crippen LogP contribution in [0.1, 0.15) is 5.69 Å². The van der Waals surface area contributed by atoms with Gasteiger partial charge in [0.2, 0.25) is 5.56 Å². The highest BCUT2D eigenvalue weighted by molar-refractivity contribution is 6.32. The average Bonchev–Trinajstić information content (AvgIpc) is 2.22. The molecule has 0 aliphatic rings. The first kappa shape index (κ1) is 10.7. The van der Waals surface area contributed by atoms with Crippen LogP contribution in [0.4, 0.5) is 0 Å². The molecule has 0 aliphatic heterocycles. The second-order valence-electron chi connectivity index (χ2n) is 3.74. The van der Waals surface area contributed by atoms with Crippen molar-refractivity contribution < 1.29 is 0 Å². The van der Waals surface area contributed by atoms with Gasteiger partial charge < -0.3 is 0 Å². The van der Waals surface area contributed by atoms with Gasteiger partial charge in [-0.15, -0.1) is 0 Å². The van der Waals surface area contributed by atoms with Crippen LogP contribution in [0.2, 0.25) is 0 Å². The molecule has 80 valence electrons. The summed E-state index contributed by atoms with van der Waals surface area (Å²) in [6, 6.07) is 1.56. The molecule has 0 unspecified atom stereocenters. The van der Waals surface area contributed by atoms with Crippen LogP contribution in [0, 0.1) is 6.92 Å². The van der Waals surface area contributed by atoms with Crippen LogP contribution in [0.3, 0.4) is 0 Å². The molecule has 2 radical (unpaired) electrons. The smallest absolute Gasteiger partial charge is 0.298 e. The number of pyridine rings is 1. The highest BCUT2D eigenvalue weighted by atomic mass is 16.1. The Morgan fingerprint density at radius 2 is 1.88 bits per heavy atom. The summed E-state index contributed by atoms with van der Waals surface area (Å²) in [6.45, 7) is 1.72. The van der Waals surface area contributed by atoms with E-state index in [1.165, 1.54) is 9.13 Å². The fourth-order valence-corrected chi connectivity index (χ4v) is 1.79. The van der Waals surface area contributed by atoms with Gasteiger partial charge in [-0.05, 0) is 12.4 Å². The van der Waals surface area contributed by atoms with Gasteiger partial charge in [0.05, 0.1) is 5.69 Å². The minimum absolute atomic E-state index is 0.151. The molecule has 0 N–H and O–H groups in total. The summed E-state index contributed by atoms with van der Waals surface area (Å²) in [4.78, 5) is 27.0. The van der Waals surface area contributed by atoms with Crippen molar-refractivity contribution in [2.45, 2.75) is 6.92 Å². The third-order valence-corrected chi connectivity index (χ3v) is 2.67. The van der Waals surface area contributed by atoms with Gasteiger partial charge in [-0.3, -0.25) is 13.9 Å². The first-order chi connectivity index (χ1) is 7.43. The highest BCUT2D eigenvalue weighted by Gasteiger charge is 2.10. The molecule has 2 rings (SSSR count). The van der Waals surface area contributed by atoms with Gasteiger partial charge in [0.15, 0.2) is 0 Å². The van der Waals surface area contributed by atoms with Gasteiger partial charge in [-0.2, -0.15) is 4.98 Å². The lowest BCUT2D eigenvalue weighted by Crippen LogP contribution is -2.36. The van der Waals surface area contributed by atoms with Gasteiger partial charge in [0, 0.05) is 19.5 Å². The lowest BCUT2D eigenvalue weighted by atomic mass is 9.96. The fourth-order valence-electron chi connectivity index (χ4n) is 1.79. The molecular weight excluding hydrogens is 205 g/mol. The molecule has 0 atom stereocenters. The van der Waals surface area contributed by atoms with Gasteiger partial charge in [-0.1, -0.05) is 6.07 Å². The second kappa shape index (κ2) is 3.33. The van der Waals surface area contributed by atoms with E-state index in [1.807, 2.05) is 0 Å². The fraction of sp³-hybridized carbons (Fsp3) is 0.300. The van der Waals surface area contributed by atoms with Crippen molar-refractivity contribution in [3.05, 3.63) is 32.6 Å². The summed E-state index contributed by atoms with van der Waals surface area (Å²) in [6.07, 6.45) is 0. The average molecular weight is 215 g/mol. The Bertz CT molecular complexity index is 700.